The quantitative estimate of drug-likeness (QED) is 0.520. The summed E-state index contributed by atoms with van der Waals surface area (Å²) in [5.41, 5.74) is 2.91. The molecule has 0 bridgehead atoms. The number of urea groups is 1. The molecule has 27 heavy (non-hydrogen) atoms. The van der Waals surface area contributed by atoms with E-state index in [0.717, 1.165) is 22.2 Å². The molecule has 6 nitrogen and oxygen atoms in total. The maximum Gasteiger partial charge on any atom is 0.322 e. The molecule has 0 radical (unpaired) electrons. The first-order valence-corrected chi connectivity index (χ1v) is 8.98. The van der Waals surface area contributed by atoms with Crippen molar-refractivity contribution in [3.05, 3.63) is 60.2 Å². The molecule has 0 unspecified atom stereocenters. The number of rotatable bonds is 4. The molecule has 4 aromatic rings. The van der Waals surface area contributed by atoms with Crippen LogP contribution >= 0.6 is 0 Å². The monoisotopic (exact) mass is 363 g/mol. The molecule has 0 aliphatic heterocycles. The van der Waals surface area contributed by atoms with E-state index >= 15 is 0 Å². The van der Waals surface area contributed by atoms with Gasteiger partial charge in [0.2, 0.25) is 0 Å². The summed E-state index contributed by atoms with van der Waals surface area (Å²) in [5.74, 6) is 1.36. The number of carbonyl (C=O) groups is 1. The van der Waals surface area contributed by atoms with Crippen molar-refractivity contribution in [3.8, 4) is 0 Å². The number of aromatic nitrogens is 1. The third-order valence-electron chi connectivity index (χ3n) is 4.67. The van der Waals surface area contributed by atoms with Crippen LogP contribution in [0.1, 0.15) is 31.5 Å². The van der Waals surface area contributed by atoms with Crippen LogP contribution in [0.25, 0.3) is 22.1 Å². The van der Waals surface area contributed by atoms with E-state index in [1.807, 2.05) is 56.3 Å². The smallest absolute Gasteiger partial charge is 0.322 e. The van der Waals surface area contributed by atoms with Gasteiger partial charge in [-0.25, -0.2) is 9.78 Å². The Labute approximate surface area is 156 Å². The molecular weight excluding hydrogens is 342 g/mol. The number of benzene rings is 2. The zero-order chi connectivity index (χ0) is 19.0. The summed E-state index contributed by atoms with van der Waals surface area (Å²) in [7, 11) is 0. The molecule has 2 heterocycles. The molecule has 0 aliphatic carbocycles. The van der Waals surface area contributed by atoms with Gasteiger partial charge in [-0.15, -0.1) is 0 Å². The number of carbonyl (C=O) groups excluding carboxylic acids is 1. The van der Waals surface area contributed by atoms with Gasteiger partial charge in [0.15, 0.2) is 11.5 Å². The average Bonchev–Trinajstić information content (AvgIpc) is 3.24. The second-order valence-corrected chi connectivity index (χ2v) is 6.49. The number of anilines is 1. The third-order valence-corrected chi connectivity index (χ3v) is 4.67. The Bertz CT molecular complexity index is 1080. The van der Waals surface area contributed by atoms with Crippen molar-refractivity contribution in [2.24, 2.45) is 0 Å². The molecule has 0 aliphatic rings. The van der Waals surface area contributed by atoms with E-state index in [9.17, 15) is 4.79 Å². The van der Waals surface area contributed by atoms with E-state index < -0.39 is 0 Å². The summed E-state index contributed by atoms with van der Waals surface area (Å²) in [6.07, 6.45) is 0. The molecule has 0 fully saturated rings. The Morgan fingerprint density at radius 3 is 2.74 bits per heavy atom. The lowest BCUT2D eigenvalue weighted by molar-refractivity contribution is 0.189. The lowest BCUT2D eigenvalue weighted by Crippen LogP contribution is -2.36. The molecule has 0 saturated carbocycles. The zero-order valence-electron chi connectivity index (χ0n) is 15.5. The first-order chi connectivity index (χ1) is 13.0. The molecule has 1 N–H and O–H groups in total. The number of hydrogen-bond donors (Lipinski definition) is 1. The van der Waals surface area contributed by atoms with E-state index in [1.165, 1.54) is 0 Å². The summed E-state index contributed by atoms with van der Waals surface area (Å²) in [6.45, 7) is 6.26. The molecule has 1 atom stereocenters. The van der Waals surface area contributed by atoms with Gasteiger partial charge in [-0.3, -0.25) is 0 Å². The number of nitrogens with one attached hydrogen (secondary N) is 1. The predicted octanol–water partition coefficient (Wildman–Crippen LogP) is 5.50. The SMILES string of the molecule is CCN(C(=O)Nc1ccc2nc(C)oc2c1)[C@H](C)c1cc2ccccc2o1. The molecule has 0 spiro atoms. The number of oxazole rings is 1. The molecular formula is C21H21N3O3. The number of para-hydroxylation sites is 1. The van der Waals surface area contributed by atoms with Gasteiger partial charge in [0, 0.05) is 30.6 Å². The standard InChI is InChI=1S/C21H21N3O3/c1-4-24(13(2)19-11-15-7-5-6-8-18(15)27-19)21(25)23-16-9-10-17-20(12-16)26-14(3)22-17/h5-13H,4H2,1-3H3,(H,23,25)/t13-/m1/s1. The minimum Gasteiger partial charge on any atom is -0.459 e. The first kappa shape index (κ1) is 17.1. The second-order valence-electron chi connectivity index (χ2n) is 6.49. The van der Waals surface area contributed by atoms with Crippen LogP contribution in [0.2, 0.25) is 0 Å². The van der Waals surface area contributed by atoms with Gasteiger partial charge in [0.05, 0.1) is 6.04 Å². The van der Waals surface area contributed by atoms with Gasteiger partial charge < -0.3 is 19.1 Å². The molecule has 138 valence electrons. The highest BCUT2D eigenvalue weighted by molar-refractivity contribution is 5.92. The van der Waals surface area contributed by atoms with E-state index in [2.05, 4.69) is 10.3 Å². The number of furan rings is 1. The van der Waals surface area contributed by atoms with Gasteiger partial charge in [-0.1, -0.05) is 18.2 Å². The summed E-state index contributed by atoms with van der Waals surface area (Å²) in [6, 6.07) is 14.9. The van der Waals surface area contributed by atoms with Crippen molar-refractivity contribution < 1.29 is 13.6 Å². The summed E-state index contributed by atoms with van der Waals surface area (Å²) in [4.78, 5) is 18.8. The zero-order valence-corrected chi connectivity index (χ0v) is 15.5. The number of amides is 2. The molecule has 6 heteroatoms. The summed E-state index contributed by atoms with van der Waals surface area (Å²) in [5, 5.41) is 3.97. The van der Waals surface area contributed by atoms with Gasteiger partial charge in [0.1, 0.15) is 16.9 Å². The topological polar surface area (TPSA) is 71.5 Å². The number of hydrogen-bond acceptors (Lipinski definition) is 4. The summed E-state index contributed by atoms with van der Waals surface area (Å²) >= 11 is 0. The molecule has 2 amide bonds. The van der Waals surface area contributed by atoms with Crippen LogP contribution in [-0.4, -0.2) is 22.5 Å². The van der Waals surface area contributed by atoms with Crippen molar-refractivity contribution in [2.75, 3.05) is 11.9 Å². The van der Waals surface area contributed by atoms with Crippen LogP contribution in [0.3, 0.4) is 0 Å². The molecule has 0 saturated heterocycles. The highest BCUT2D eigenvalue weighted by Crippen LogP contribution is 2.28. The molecule has 4 rings (SSSR count). The van der Waals surface area contributed by atoms with Crippen molar-refractivity contribution in [3.63, 3.8) is 0 Å². The van der Waals surface area contributed by atoms with Crippen molar-refractivity contribution in [1.29, 1.82) is 0 Å². The van der Waals surface area contributed by atoms with Crippen molar-refractivity contribution in [2.45, 2.75) is 26.8 Å². The average molecular weight is 363 g/mol. The summed E-state index contributed by atoms with van der Waals surface area (Å²) < 4.78 is 11.5. The van der Waals surface area contributed by atoms with E-state index in [1.54, 1.807) is 17.9 Å². The molecule has 2 aromatic carbocycles. The minimum atomic E-state index is -0.196. The lowest BCUT2D eigenvalue weighted by Gasteiger charge is -2.26. The van der Waals surface area contributed by atoms with E-state index in [0.29, 0.717) is 23.7 Å². The van der Waals surface area contributed by atoms with Gasteiger partial charge in [-0.05, 0) is 38.1 Å². The van der Waals surface area contributed by atoms with Crippen LogP contribution in [-0.2, 0) is 0 Å². The Morgan fingerprint density at radius 2 is 1.96 bits per heavy atom. The first-order valence-electron chi connectivity index (χ1n) is 8.98. The van der Waals surface area contributed by atoms with Crippen LogP contribution in [0.15, 0.2) is 57.4 Å². The predicted molar refractivity (Wildman–Crippen MR) is 105 cm³/mol. The third kappa shape index (κ3) is 3.26. The highest BCUT2D eigenvalue weighted by Gasteiger charge is 2.23. The van der Waals surface area contributed by atoms with Crippen LogP contribution in [0.5, 0.6) is 0 Å². The Hall–Kier alpha value is -3.28. The number of nitrogens with zero attached hydrogens (tertiary/aromatic N) is 2. The fraction of sp³-hybridized carbons (Fsp3) is 0.238. The molecule has 2 aromatic heterocycles. The van der Waals surface area contributed by atoms with Crippen molar-refractivity contribution >= 4 is 33.8 Å². The maximum atomic E-state index is 12.8. The fourth-order valence-corrected chi connectivity index (χ4v) is 3.27. The highest BCUT2D eigenvalue weighted by atomic mass is 16.3. The van der Waals surface area contributed by atoms with Gasteiger partial charge >= 0.3 is 6.03 Å². The van der Waals surface area contributed by atoms with Crippen LogP contribution in [0.4, 0.5) is 10.5 Å². The Kier molecular flexibility index (Phi) is 4.32. The van der Waals surface area contributed by atoms with Crippen LogP contribution in [0, 0.1) is 6.92 Å². The van der Waals surface area contributed by atoms with E-state index in [-0.39, 0.29) is 12.1 Å². The fourth-order valence-electron chi connectivity index (χ4n) is 3.27. The minimum absolute atomic E-state index is 0.193. The van der Waals surface area contributed by atoms with E-state index in [4.69, 9.17) is 8.83 Å². The largest absolute Gasteiger partial charge is 0.459 e. The lowest BCUT2D eigenvalue weighted by atomic mass is 10.2. The number of aryl methyl sites for hydroxylation is 1. The Balaban J connectivity index is 1.55. The Morgan fingerprint density at radius 1 is 1.15 bits per heavy atom. The second kappa shape index (κ2) is 6.79. The normalized spacial score (nSPS) is 12.4. The maximum absolute atomic E-state index is 12.8. The van der Waals surface area contributed by atoms with Gasteiger partial charge in [0.25, 0.3) is 0 Å². The van der Waals surface area contributed by atoms with Crippen LogP contribution < -0.4 is 5.32 Å². The number of fused-ring (bicyclic) bond motifs is 2. The van der Waals surface area contributed by atoms with Gasteiger partial charge in [-0.2, -0.15) is 0 Å². The van der Waals surface area contributed by atoms with Crippen molar-refractivity contribution in [1.82, 2.24) is 9.88 Å².